The van der Waals surface area contributed by atoms with E-state index in [9.17, 15) is 14.7 Å². The van der Waals surface area contributed by atoms with Crippen molar-refractivity contribution in [1.29, 1.82) is 0 Å². The lowest BCUT2D eigenvalue weighted by molar-refractivity contribution is -0.302. The van der Waals surface area contributed by atoms with Crippen LogP contribution in [0.2, 0.25) is 0 Å². The van der Waals surface area contributed by atoms with Crippen LogP contribution in [0.1, 0.15) is 58.5 Å². The first-order chi connectivity index (χ1) is 18.7. The molecule has 8 nitrogen and oxygen atoms in total. The van der Waals surface area contributed by atoms with E-state index in [1.54, 1.807) is 11.7 Å². The fraction of sp³-hybridized carbons (Fsp3) is 0.594. The predicted molar refractivity (Wildman–Crippen MR) is 147 cm³/mol. The van der Waals surface area contributed by atoms with E-state index in [4.69, 9.17) is 14.2 Å². The SMILES string of the molecule is CC1=C[C@]23C(=O)[C@@H](C=C4COC(C)(C)O[C@H]4[C@]2(O)[C@H]1OC(=O)c1nn(C)c2ccccc12)[C@H]1[C@@H](C[C@H]3C)C1(C)C. The summed E-state index contributed by atoms with van der Waals surface area (Å²) in [5.74, 6) is -1.67. The summed E-state index contributed by atoms with van der Waals surface area (Å²) >= 11 is 0. The number of rotatable bonds is 2. The van der Waals surface area contributed by atoms with Crippen LogP contribution in [0.5, 0.6) is 0 Å². The van der Waals surface area contributed by atoms with Gasteiger partial charge < -0.3 is 19.3 Å². The number of ketones is 1. The fourth-order valence-corrected chi connectivity index (χ4v) is 8.83. The van der Waals surface area contributed by atoms with Gasteiger partial charge in [0.25, 0.3) is 0 Å². The molecule has 4 aliphatic carbocycles. The molecule has 2 heterocycles. The Bertz CT molecular complexity index is 1530. The minimum atomic E-state index is -1.85. The monoisotopic (exact) mass is 546 g/mol. The van der Waals surface area contributed by atoms with Gasteiger partial charge in [-0.05, 0) is 67.6 Å². The van der Waals surface area contributed by atoms with E-state index in [2.05, 4.69) is 25.9 Å². The molecule has 40 heavy (non-hydrogen) atoms. The van der Waals surface area contributed by atoms with Crippen molar-refractivity contribution in [1.82, 2.24) is 9.78 Å². The van der Waals surface area contributed by atoms with Gasteiger partial charge >= 0.3 is 5.97 Å². The van der Waals surface area contributed by atoms with Crippen molar-refractivity contribution in [3.8, 4) is 0 Å². The zero-order chi connectivity index (χ0) is 28.6. The number of aryl methyl sites for hydroxylation is 1. The molecule has 3 fully saturated rings. The predicted octanol–water partition coefficient (Wildman–Crippen LogP) is 4.36. The average Bonchev–Trinajstić information content (AvgIpc) is 3.19. The van der Waals surface area contributed by atoms with Crippen molar-refractivity contribution in [3.63, 3.8) is 0 Å². The molecule has 1 aliphatic heterocycles. The smallest absolute Gasteiger partial charge is 0.360 e. The first kappa shape index (κ1) is 26.1. The molecule has 1 aromatic carbocycles. The van der Waals surface area contributed by atoms with Crippen molar-refractivity contribution >= 4 is 22.7 Å². The van der Waals surface area contributed by atoms with Gasteiger partial charge in [-0.2, -0.15) is 5.10 Å². The molecule has 1 saturated heterocycles. The van der Waals surface area contributed by atoms with Crippen LogP contribution < -0.4 is 0 Å². The molecule has 8 heteroatoms. The molecule has 0 unspecified atom stereocenters. The van der Waals surface area contributed by atoms with Gasteiger partial charge in [0.05, 0.1) is 17.5 Å². The zero-order valence-electron chi connectivity index (χ0n) is 24.2. The Morgan fingerprint density at radius 2 is 1.93 bits per heavy atom. The van der Waals surface area contributed by atoms with Crippen LogP contribution in [-0.4, -0.2) is 56.8 Å². The lowest BCUT2D eigenvalue weighted by atomic mass is 9.59. The Kier molecular flexibility index (Phi) is 5.17. The lowest BCUT2D eigenvalue weighted by Gasteiger charge is -2.52. The van der Waals surface area contributed by atoms with Gasteiger partial charge in [0.1, 0.15) is 6.10 Å². The molecule has 2 bridgehead atoms. The van der Waals surface area contributed by atoms with Crippen LogP contribution in [0, 0.1) is 34.5 Å². The van der Waals surface area contributed by atoms with E-state index in [0.717, 1.165) is 17.5 Å². The summed E-state index contributed by atoms with van der Waals surface area (Å²) in [4.78, 5) is 28.6. The van der Waals surface area contributed by atoms with Crippen molar-refractivity contribution in [2.24, 2.45) is 41.5 Å². The van der Waals surface area contributed by atoms with Gasteiger partial charge in [0.2, 0.25) is 0 Å². The summed E-state index contributed by atoms with van der Waals surface area (Å²) in [6.45, 7) is 12.2. The van der Waals surface area contributed by atoms with Gasteiger partial charge in [-0.25, -0.2) is 4.79 Å². The highest BCUT2D eigenvalue weighted by atomic mass is 16.7. The number of carbonyl (C=O) groups is 2. The second-order valence-electron chi connectivity index (χ2n) is 13.8. The Morgan fingerprint density at radius 3 is 2.67 bits per heavy atom. The molecule has 0 radical (unpaired) electrons. The van der Waals surface area contributed by atoms with E-state index >= 15 is 0 Å². The third-order valence-corrected chi connectivity index (χ3v) is 10.8. The molecule has 212 valence electrons. The number of carbonyl (C=O) groups excluding carboxylic acids is 2. The van der Waals surface area contributed by atoms with Gasteiger partial charge in [0, 0.05) is 18.4 Å². The number of benzene rings is 1. The Morgan fingerprint density at radius 1 is 1.20 bits per heavy atom. The number of fused-ring (bicyclic) bond motifs is 6. The van der Waals surface area contributed by atoms with Crippen LogP contribution in [-0.2, 0) is 26.1 Å². The van der Waals surface area contributed by atoms with E-state index in [1.165, 1.54) is 0 Å². The first-order valence-corrected chi connectivity index (χ1v) is 14.3. The highest BCUT2D eigenvalue weighted by Gasteiger charge is 2.77. The Labute approximate surface area is 234 Å². The molecule has 1 spiro atoms. The van der Waals surface area contributed by atoms with E-state index in [1.807, 2.05) is 57.2 Å². The van der Waals surface area contributed by atoms with Gasteiger partial charge in [-0.3, -0.25) is 9.48 Å². The molecule has 1 aromatic heterocycles. The highest BCUT2D eigenvalue weighted by molar-refractivity contribution is 6.02. The largest absolute Gasteiger partial charge is 0.450 e. The number of aromatic nitrogens is 2. The highest BCUT2D eigenvalue weighted by Crippen LogP contribution is 2.72. The third-order valence-electron chi connectivity index (χ3n) is 10.8. The molecule has 2 aromatic rings. The first-order valence-electron chi connectivity index (χ1n) is 14.3. The number of para-hydroxylation sites is 1. The molecule has 1 N–H and O–H groups in total. The second-order valence-corrected chi connectivity index (χ2v) is 13.8. The Balaban J connectivity index is 1.38. The number of hydrogen-bond acceptors (Lipinski definition) is 7. The number of ether oxygens (including phenoxy) is 3. The number of Topliss-reactive ketones (excluding diaryl/α,β-unsaturated/α-hetero) is 1. The number of aliphatic hydroxyl groups is 1. The Hall–Kier alpha value is -2.81. The maximum Gasteiger partial charge on any atom is 0.360 e. The molecular formula is C32H38N2O6. The van der Waals surface area contributed by atoms with Crippen LogP contribution in [0.4, 0.5) is 0 Å². The van der Waals surface area contributed by atoms with Gasteiger partial charge in [-0.1, -0.05) is 51.1 Å². The maximum atomic E-state index is 14.8. The molecular weight excluding hydrogens is 508 g/mol. The summed E-state index contributed by atoms with van der Waals surface area (Å²) in [7, 11) is 1.78. The van der Waals surface area contributed by atoms with Crippen molar-refractivity contribution < 1.29 is 28.9 Å². The quantitative estimate of drug-likeness (QED) is 0.441. The van der Waals surface area contributed by atoms with Crippen molar-refractivity contribution in [3.05, 3.63) is 53.3 Å². The molecule has 2 saturated carbocycles. The molecule has 8 atom stereocenters. The maximum absolute atomic E-state index is 14.8. The number of allylic oxidation sites excluding steroid dienone is 1. The van der Waals surface area contributed by atoms with E-state index in [0.29, 0.717) is 16.9 Å². The summed E-state index contributed by atoms with van der Waals surface area (Å²) in [6, 6.07) is 7.46. The van der Waals surface area contributed by atoms with E-state index in [-0.39, 0.29) is 41.3 Å². The summed E-state index contributed by atoms with van der Waals surface area (Å²) in [5, 5.41) is 18.3. The number of nitrogens with zero attached hydrogens (tertiary/aromatic N) is 2. The number of hydrogen-bond donors (Lipinski definition) is 1. The lowest BCUT2D eigenvalue weighted by Crippen LogP contribution is -2.68. The third kappa shape index (κ3) is 3.10. The number of esters is 1. The van der Waals surface area contributed by atoms with Crippen LogP contribution in [0.15, 0.2) is 47.6 Å². The summed E-state index contributed by atoms with van der Waals surface area (Å²) in [5.41, 5.74) is -0.729. The fourth-order valence-electron chi connectivity index (χ4n) is 8.83. The summed E-state index contributed by atoms with van der Waals surface area (Å²) < 4.78 is 20.4. The molecule has 5 aliphatic rings. The normalized spacial score (nSPS) is 40.6. The standard InChI is InChI=1S/C32H38N2O6/c1-16-14-31-17(2)12-21-23(29(21,3)4)20(25(31)35)13-18-15-38-30(5,6)40-27(18)32(31,37)26(16)39-28(36)24-19-10-8-9-11-22(19)34(7)33-24/h8-11,13-14,17,20-21,23,26-27,37H,12,15H2,1-7H3/t17-,20+,21-,23+,26+,27-,31+,32-/m1/s1. The minimum absolute atomic E-state index is 0.00920. The van der Waals surface area contributed by atoms with E-state index < -0.39 is 35.0 Å². The van der Waals surface area contributed by atoms with Crippen LogP contribution in [0.25, 0.3) is 10.9 Å². The topological polar surface area (TPSA) is 99.9 Å². The van der Waals surface area contributed by atoms with Gasteiger partial charge in [-0.15, -0.1) is 0 Å². The molecule has 7 rings (SSSR count). The second kappa shape index (κ2) is 7.93. The van der Waals surface area contributed by atoms with Gasteiger partial charge in [0.15, 0.2) is 29.0 Å². The molecule has 0 amide bonds. The minimum Gasteiger partial charge on any atom is -0.450 e. The summed E-state index contributed by atoms with van der Waals surface area (Å²) in [6.07, 6.45) is 2.72. The average molecular weight is 547 g/mol. The van der Waals surface area contributed by atoms with Crippen molar-refractivity contribution in [2.45, 2.75) is 71.6 Å². The van der Waals surface area contributed by atoms with Crippen LogP contribution >= 0.6 is 0 Å². The van der Waals surface area contributed by atoms with Crippen LogP contribution in [0.3, 0.4) is 0 Å². The zero-order valence-corrected chi connectivity index (χ0v) is 24.2. The van der Waals surface area contributed by atoms with Crippen molar-refractivity contribution in [2.75, 3.05) is 6.61 Å².